The lowest BCUT2D eigenvalue weighted by Gasteiger charge is -2.31. The highest BCUT2D eigenvalue weighted by molar-refractivity contribution is 7.89. The highest BCUT2D eigenvalue weighted by Gasteiger charge is 2.38. The van der Waals surface area contributed by atoms with Crippen molar-refractivity contribution in [2.75, 3.05) is 23.7 Å². The number of aromatic nitrogens is 2. The predicted molar refractivity (Wildman–Crippen MR) is 166 cm³/mol. The molecule has 1 saturated heterocycles. The number of hydrogen-bond acceptors (Lipinski definition) is 7. The summed E-state index contributed by atoms with van der Waals surface area (Å²) < 4.78 is 59.5. The maximum absolute atomic E-state index is 13.2. The SMILES string of the molecule is C=CC(=O)Nc1cccc(S(=O)(=O)N2CCC(NC(=O)c3n[nH]c(C)c3NC(=O)c3c(Cl)cccc3Cl)CC2)c1.O=C(O)C(F)(F)F. The van der Waals surface area contributed by atoms with Crippen LogP contribution >= 0.6 is 23.2 Å². The molecular weight excluding hydrogens is 692 g/mol. The number of aryl methyl sites for hydroxylation is 1. The second kappa shape index (κ2) is 15.4. The molecule has 47 heavy (non-hydrogen) atoms. The number of aliphatic carboxylic acids is 1. The number of carbonyl (C=O) groups excluding carboxylic acids is 3. The van der Waals surface area contributed by atoms with Crippen molar-refractivity contribution >= 4 is 68.3 Å². The summed E-state index contributed by atoms with van der Waals surface area (Å²) >= 11 is 12.3. The summed E-state index contributed by atoms with van der Waals surface area (Å²) in [5.41, 5.74) is 1.01. The maximum atomic E-state index is 13.2. The Morgan fingerprint density at radius 1 is 1.04 bits per heavy atom. The lowest BCUT2D eigenvalue weighted by Crippen LogP contribution is -2.46. The fourth-order valence-electron chi connectivity index (χ4n) is 4.21. The molecule has 0 bridgehead atoms. The third kappa shape index (κ3) is 9.54. The van der Waals surface area contributed by atoms with Crippen molar-refractivity contribution in [2.45, 2.75) is 36.9 Å². The first-order valence-electron chi connectivity index (χ1n) is 13.4. The van der Waals surface area contributed by atoms with E-state index in [4.69, 9.17) is 33.1 Å². The van der Waals surface area contributed by atoms with Crippen LogP contribution in [0.5, 0.6) is 0 Å². The Labute approximate surface area is 276 Å². The average molecular weight is 720 g/mol. The van der Waals surface area contributed by atoms with Crippen molar-refractivity contribution in [1.82, 2.24) is 19.8 Å². The van der Waals surface area contributed by atoms with Crippen LogP contribution in [0.1, 0.15) is 39.4 Å². The van der Waals surface area contributed by atoms with Crippen LogP contribution in [0, 0.1) is 6.92 Å². The van der Waals surface area contributed by atoms with Gasteiger partial charge in [-0.1, -0.05) is 41.9 Å². The quantitative estimate of drug-likeness (QED) is 0.209. The molecule has 252 valence electrons. The van der Waals surface area contributed by atoms with E-state index < -0.39 is 39.9 Å². The van der Waals surface area contributed by atoms with Crippen molar-refractivity contribution in [3.8, 4) is 0 Å². The Morgan fingerprint density at radius 2 is 1.62 bits per heavy atom. The molecule has 1 aliphatic rings. The minimum atomic E-state index is -5.08. The van der Waals surface area contributed by atoms with Crippen molar-refractivity contribution < 1.29 is 45.9 Å². The minimum Gasteiger partial charge on any atom is -0.475 e. The summed E-state index contributed by atoms with van der Waals surface area (Å²) in [5.74, 6) is -4.33. The molecule has 3 aromatic rings. The Hall–Kier alpha value is -4.45. The average Bonchev–Trinajstić information content (AvgIpc) is 3.36. The van der Waals surface area contributed by atoms with Crippen molar-refractivity contribution in [2.24, 2.45) is 0 Å². The second-order valence-electron chi connectivity index (χ2n) is 9.80. The number of benzene rings is 2. The van der Waals surface area contributed by atoms with E-state index in [1.807, 2.05) is 0 Å². The molecule has 0 radical (unpaired) electrons. The molecule has 3 amide bonds. The summed E-state index contributed by atoms with van der Waals surface area (Å²) in [6, 6.07) is 10.3. The van der Waals surface area contributed by atoms with E-state index in [-0.39, 0.29) is 51.0 Å². The van der Waals surface area contributed by atoms with Gasteiger partial charge in [0.15, 0.2) is 5.69 Å². The molecular formula is C28H27Cl2F3N6O7S. The molecule has 5 N–H and O–H groups in total. The van der Waals surface area contributed by atoms with Crippen LogP contribution < -0.4 is 16.0 Å². The molecule has 1 aliphatic heterocycles. The Bertz CT molecular complexity index is 1770. The van der Waals surface area contributed by atoms with Crippen LogP contribution in [0.3, 0.4) is 0 Å². The third-order valence-corrected chi connectivity index (χ3v) is 9.07. The molecule has 1 fully saturated rings. The number of halogens is 5. The van der Waals surface area contributed by atoms with Gasteiger partial charge in [-0.3, -0.25) is 19.5 Å². The second-order valence-corrected chi connectivity index (χ2v) is 12.6. The van der Waals surface area contributed by atoms with Gasteiger partial charge < -0.3 is 21.1 Å². The molecule has 0 unspecified atom stereocenters. The molecule has 19 heteroatoms. The van der Waals surface area contributed by atoms with E-state index >= 15 is 0 Å². The number of carboxylic acids is 1. The molecule has 4 rings (SSSR count). The van der Waals surface area contributed by atoms with Gasteiger partial charge in [0.2, 0.25) is 15.9 Å². The smallest absolute Gasteiger partial charge is 0.475 e. The van der Waals surface area contributed by atoms with E-state index in [1.165, 1.54) is 28.6 Å². The van der Waals surface area contributed by atoms with Crippen molar-refractivity contribution in [1.29, 1.82) is 0 Å². The van der Waals surface area contributed by atoms with Crippen molar-refractivity contribution in [3.63, 3.8) is 0 Å². The predicted octanol–water partition coefficient (Wildman–Crippen LogP) is 4.62. The van der Waals surface area contributed by atoms with Gasteiger partial charge >= 0.3 is 12.1 Å². The van der Waals surface area contributed by atoms with Gasteiger partial charge in [0.25, 0.3) is 11.8 Å². The fourth-order valence-corrected chi connectivity index (χ4v) is 6.29. The minimum absolute atomic E-state index is 0.0255. The van der Waals surface area contributed by atoms with Crippen LogP contribution in [0.4, 0.5) is 24.5 Å². The maximum Gasteiger partial charge on any atom is 0.490 e. The van der Waals surface area contributed by atoms with Gasteiger partial charge in [-0.25, -0.2) is 13.2 Å². The van der Waals surface area contributed by atoms with Crippen LogP contribution in [-0.4, -0.2) is 77.0 Å². The summed E-state index contributed by atoms with van der Waals surface area (Å²) in [5, 5.41) is 22.3. The number of anilines is 2. The number of nitrogens with zero attached hydrogens (tertiary/aromatic N) is 2. The summed E-state index contributed by atoms with van der Waals surface area (Å²) in [6.45, 7) is 5.37. The van der Waals surface area contributed by atoms with E-state index in [1.54, 1.807) is 25.1 Å². The fraction of sp³-hybridized carbons (Fsp3) is 0.250. The number of aromatic amines is 1. The monoisotopic (exact) mass is 718 g/mol. The lowest BCUT2D eigenvalue weighted by molar-refractivity contribution is -0.192. The van der Waals surface area contributed by atoms with E-state index in [9.17, 15) is 36.0 Å². The van der Waals surface area contributed by atoms with Gasteiger partial charge in [0.05, 0.1) is 31.9 Å². The Balaban J connectivity index is 0.000000771. The molecule has 0 aliphatic carbocycles. The number of alkyl halides is 3. The van der Waals surface area contributed by atoms with Crippen LogP contribution in [0.15, 0.2) is 60.0 Å². The zero-order valence-corrected chi connectivity index (χ0v) is 26.6. The number of H-pyrrole nitrogens is 1. The normalized spacial score (nSPS) is 13.9. The first kappa shape index (κ1) is 37.0. The van der Waals surface area contributed by atoms with Gasteiger partial charge in [0.1, 0.15) is 0 Å². The molecule has 0 atom stereocenters. The highest BCUT2D eigenvalue weighted by Crippen LogP contribution is 2.28. The molecule has 0 saturated carbocycles. The number of amides is 3. The van der Waals surface area contributed by atoms with Crippen LogP contribution in [-0.2, 0) is 19.6 Å². The summed E-state index contributed by atoms with van der Waals surface area (Å²) in [7, 11) is -3.82. The molecule has 0 spiro atoms. The number of piperidine rings is 1. The van der Waals surface area contributed by atoms with E-state index in [0.29, 0.717) is 24.2 Å². The van der Waals surface area contributed by atoms with Crippen LogP contribution in [0.25, 0.3) is 0 Å². The first-order chi connectivity index (χ1) is 21.9. The molecule has 2 aromatic carbocycles. The zero-order chi connectivity index (χ0) is 35.1. The summed E-state index contributed by atoms with van der Waals surface area (Å²) in [6.07, 6.45) is -3.27. The van der Waals surface area contributed by atoms with Gasteiger partial charge in [0, 0.05) is 24.8 Å². The zero-order valence-electron chi connectivity index (χ0n) is 24.3. The van der Waals surface area contributed by atoms with E-state index in [2.05, 4.69) is 32.7 Å². The molecule has 1 aromatic heterocycles. The standard InChI is InChI=1S/C26H26Cl2N6O5S.C2HF3O2/c1-3-21(35)29-17-6-4-7-18(14-17)40(38,39)34-12-10-16(11-13-34)30-26(37)24-23(15(2)32-33-24)31-25(36)22-19(27)8-5-9-20(22)28;3-2(4,5)1(6)7/h3-9,14,16H,1,10-13H2,2H3,(H,29,35)(H,30,37)(H,31,36)(H,32,33);(H,6,7). The molecule has 2 heterocycles. The Kier molecular flexibility index (Phi) is 12.1. The highest BCUT2D eigenvalue weighted by atomic mass is 35.5. The van der Waals surface area contributed by atoms with Gasteiger partial charge in [-0.15, -0.1) is 0 Å². The number of nitrogens with one attached hydrogen (secondary N) is 4. The van der Waals surface area contributed by atoms with Gasteiger partial charge in [-0.05, 0) is 56.2 Å². The first-order valence-corrected chi connectivity index (χ1v) is 15.6. The number of carboxylic acid groups (broad SMARTS) is 1. The number of rotatable bonds is 8. The third-order valence-electron chi connectivity index (χ3n) is 6.55. The van der Waals surface area contributed by atoms with Crippen LogP contribution in [0.2, 0.25) is 10.0 Å². The van der Waals surface area contributed by atoms with Crippen molar-refractivity contribution in [3.05, 3.63) is 82.1 Å². The largest absolute Gasteiger partial charge is 0.490 e. The number of sulfonamides is 1. The Morgan fingerprint density at radius 3 is 2.17 bits per heavy atom. The van der Waals surface area contributed by atoms with E-state index in [0.717, 1.165) is 6.08 Å². The molecule has 13 nitrogen and oxygen atoms in total. The number of carbonyl (C=O) groups is 4. The lowest BCUT2D eigenvalue weighted by atomic mass is 10.1. The number of hydrogen-bond donors (Lipinski definition) is 5. The summed E-state index contributed by atoms with van der Waals surface area (Å²) in [4.78, 5) is 46.5. The topological polar surface area (TPSA) is 191 Å². The van der Waals surface area contributed by atoms with Gasteiger partial charge in [-0.2, -0.15) is 22.6 Å².